The molecule has 0 nitrogen and oxygen atoms in total. The van der Waals surface area contributed by atoms with Crippen LogP contribution in [0.4, 0.5) is 0 Å². The van der Waals surface area contributed by atoms with Gasteiger partial charge >= 0.3 is 61.7 Å². The number of hydrogen-bond donors (Lipinski definition) is 0. The molecule has 0 aromatic carbocycles. The monoisotopic (exact) mass is 186 g/mol. The molecule has 0 amide bonds. The van der Waals surface area contributed by atoms with Crippen LogP contribution < -0.4 is 0 Å². The summed E-state index contributed by atoms with van der Waals surface area (Å²) >= 11 is 0.788. The Kier molecular flexibility index (Phi) is 1.48. The molecule has 48 valence electrons. The van der Waals surface area contributed by atoms with E-state index in [0.29, 0.717) is 0 Å². The minimum atomic E-state index is 0.788. The molecule has 1 aliphatic heterocycles. The Morgan fingerprint density at radius 3 is 3.00 bits per heavy atom. The Morgan fingerprint density at radius 2 is 2.11 bits per heavy atom. The fraction of sp³-hybridized carbons (Fsp3) is 0.500. The third-order valence-electron chi connectivity index (χ3n) is 2.00. The van der Waals surface area contributed by atoms with Crippen LogP contribution in [0.15, 0.2) is 23.2 Å². The van der Waals surface area contributed by atoms with Gasteiger partial charge in [-0.3, -0.25) is 0 Å². The molecular formula is C8H10Se. The fourth-order valence-corrected chi connectivity index (χ4v) is 3.65. The standard InChI is InChI=1S/C8H10Se/c1-3-7-4-2-6-9-8(7)5-1/h1-2,5-8H,3-4H2. The summed E-state index contributed by atoms with van der Waals surface area (Å²) in [5.74, 6) is 0.995. The average Bonchev–Trinajstić information content (AvgIpc) is 2.33. The van der Waals surface area contributed by atoms with E-state index in [4.69, 9.17) is 0 Å². The van der Waals surface area contributed by atoms with Crippen molar-refractivity contribution in [2.45, 2.75) is 17.7 Å². The van der Waals surface area contributed by atoms with Crippen molar-refractivity contribution < 1.29 is 0 Å². The van der Waals surface area contributed by atoms with Crippen molar-refractivity contribution in [1.29, 1.82) is 0 Å². The zero-order valence-corrected chi connectivity index (χ0v) is 7.00. The second-order valence-electron chi connectivity index (χ2n) is 2.63. The number of fused-ring (bicyclic) bond motifs is 1. The third-order valence-corrected chi connectivity index (χ3v) is 4.53. The van der Waals surface area contributed by atoms with E-state index in [2.05, 4.69) is 23.2 Å². The van der Waals surface area contributed by atoms with Crippen LogP contribution in [-0.4, -0.2) is 15.0 Å². The van der Waals surface area contributed by atoms with Crippen LogP contribution in [0.2, 0.25) is 4.82 Å². The molecule has 0 fully saturated rings. The maximum absolute atomic E-state index is 2.41. The van der Waals surface area contributed by atoms with Gasteiger partial charge in [0.2, 0.25) is 0 Å². The molecule has 0 aromatic heterocycles. The molecule has 2 aliphatic rings. The maximum atomic E-state index is 2.41. The Hall–Kier alpha value is -0.000519. The van der Waals surface area contributed by atoms with Gasteiger partial charge in [0.25, 0.3) is 0 Å². The van der Waals surface area contributed by atoms with Crippen molar-refractivity contribution in [2.75, 3.05) is 0 Å². The molecule has 1 heterocycles. The van der Waals surface area contributed by atoms with Crippen molar-refractivity contribution in [3.8, 4) is 0 Å². The summed E-state index contributed by atoms with van der Waals surface area (Å²) in [6, 6.07) is 0. The zero-order valence-electron chi connectivity index (χ0n) is 5.29. The van der Waals surface area contributed by atoms with Gasteiger partial charge in [-0.05, 0) is 0 Å². The van der Waals surface area contributed by atoms with E-state index in [1.807, 2.05) is 0 Å². The molecule has 0 bridgehead atoms. The molecule has 1 aliphatic carbocycles. The quantitative estimate of drug-likeness (QED) is 0.400. The SMILES string of the molecule is C1=C[Se]C2C=CCC2C1. The first-order valence-electron chi connectivity index (χ1n) is 3.44. The van der Waals surface area contributed by atoms with Crippen molar-refractivity contribution in [3.05, 3.63) is 23.2 Å². The van der Waals surface area contributed by atoms with Gasteiger partial charge < -0.3 is 0 Å². The summed E-state index contributed by atoms with van der Waals surface area (Å²) in [6.07, 6.45) is 9.79. The molecule has 2 unspecified atom stereocenters. The van der Waals surface area contributed by atoms with E-state index in [-0.39, 0.29) is 0 Å². The van der Waals surface area contributed by atoms with Crippen molar-refractivity contribution >= 4 is 15.0 Å². The first kappa shape index (κ1) is 5.76. The minimum absolute atomic E-state index is 0.788. The Morgan fingerprint density at radius 1 is 1.22 bits per heavy atom. The summed E-state index contributed by atoms with van der Waals surface area (Å²) in [6.45, 7) is 0. The molecule has 1 heteroatoms. The molecule has 0 N–H and O–H groups in total. The summed E-state index contributed by atoms with van der Waals surface area (Å²) in [7, 11) is 0. The first-order chi connectivity index (χ1) is 4.47. The number of hydrogen-bond acceptors (Lipinski definition) is 0. The molecule has 9 heavy (non-hydrogen) atoms. The van der Waals surface area contributed by atoms with Crippen LogP contribution in [0.1, 0.15) is 12.8 Å². The van der Waals surface area contributed by atoms with Gasteiger partial charge in [0.05, 0.1) is 0 Å². The molecule has 0 saturated carbocycles. The fourth-order valence-electron chi connectivity index (χ4n) is 1.44. The topological polar surface area (TPSA) is 0 Å². The second-order valence-corrected chi connectivity index (χ2v) is 4.92. The molecule has 2 rings (SSSR count). The van der Waals surface area contributed by atoms with E-state index < -0.39 is 0 Å². The van der Waals surface area contributed by atoms with E-state index in [0.717, 1.165) is 25.7 Å². The molecule has 0 spiro atoms. The predicted molar refractivity (Wildman–Crippen MR) is 40.5 cm³/mol. The van der Waals surface area contributed by atoms with E-state index in [9.17, 15) is 0 Å². The zero-order chi connectivity index (χ0) is 6.10. The van der Waals surface area contributed by atoms with Gasteiger partial charge in [-0.25, -0.2) is 0 Å². The van der Waals surface area contributed by atoms with Crippen LogP contribution in [-0.2, 0) is 0 Å². The van der Waals surface area contributed by atoms with E-state index in [1.165, 1.54) is 12.8 Å². The Bertz CT molecular complexity index is 158. The molecule has 0 saturated heterocycles. The van der Waals surface area contributed by atoms with Crippen LogP contribution in [0.25, 0.3) is 0 Å². The summed E-state index contributed by atoms with van der Waals surface area (Å²) in [4.78, 5) is 3.34. The van der Waals surface area contributed by atoms with Crippen molar-refractivity contribution in [2.24, 2.45) is 5.92 Å². The van der Waals surface area contributed by atoms with Crippen LogP contribution in [0.5, 0.6) is 0 Å². The van der Waals surface area contributed by atoms with Crippen molar-refractivity contribution in [1.82, 2.24) is 0 Å². The Balaban J connectivity index is 2.13. The number of allylic oxidation sites excluding steroid dienone is 3. The molecule has 0 radical (unpaired) electrons. The van der Waals surface area contributed by atoms with Gasteiger partial charge in [0.15, 0.2) is 0 Å². The van der Waals surface area contributed by atoms with Crippen LogP contribution >= 0.6 is 0 Å². The van der Waals surface area contributed by atoms with Crippen LogP contribution in [0.3, 0.4) is 0 Å². The van der Waals surface area contributed by atoms with Gasteiger partial charge in [-0.1, -0.05) is 0 Å². The number of rotatable bonds is 0. The van der Waals surface area contributed by atoms with Crippen molar-refractivity contribution in [3.63, 3.8) is 0 Å². The third kappa shape index (κ3) is 0.996. The predicted octanol–water partition coefficient (Wildman–Crippen LogP) is 1.97. The van der Waals surface area contributed by atoms with Gasteiger partial charge in [0, 0.05) is 0 Å². The normalized spacial score (nSPS) is 39.1. The van der Waals surface area contributed by atoms with Gasteiger partial charge in [-0.2, -0.15) is 0 Å². The molecule has 2 atom stereocenters. The van der Waals surface area contributed by atoms with Crippen LogP contribution in [0, 0.1) is 5.92 Å². The first-order valence-corrected chi connectivity index (χ1v) is 5.42. The Labute approximate surface area is 62.2 Å². The summed E-state index contributed by atoms with van der Waals surface area (Å²) in [5, 5.41) is 0. The van der Waals surface area contributed by atoms with E-state index in [1.54, 1.807) is 0 Å². The molecular weight excluding hydrogens is 175 g/mol. The average molecular weight is 185 g/mol. The molecule has 0 aromatic rings. The second kappa shape index (κ2) is 2.32. The van der Waals surface area contributed by atoms with Gasteiger partial charge in [-0.15, -0.1) is 0 Å². The van der Waals surface area contributed by atoms with E-state index >= 15 is 0 Å². The van der Waals surface area contributed by atoms with Gasteiger partial charge in [0.1, 0.15) is 0 Å². The summed E-state index contributed by atoms with van der Waals surface area (Å²) < 4.78 is 0. The summed E-state index contributed by atoms with van der Waals surface area (Å²) in [5.41, 5.74) is 0.